The lowest BCUT2D eigenvalue weighted by molar-refractivity contribution is 0.285. The van der Waals surface area contributed by atoms with Crippen molar-refractivity contribution in [3.8, 4) is 0 Å². The number of aromatic nitrogens is 2. The fraction of sp³-hybridized carbons (Fsp3) is 0.385. The van der Waals surface area contributed by atoms with E-state index in [2.05, 4.69) is 20.0 Å². The zero-order valence-corrected chi connectivity index (χ0v) is 9.84. The van der Waals surface area contributed by atoms with Gasteiger partial charge in [-0.05, 0) is 36.5 Å². The Morgan fingerprint density at radius 2 is 2.06 bits per heavy atom. The van der Waals surface area contributed by atoms with Crippen LogP contribution in [0.2, 0.25) is 0 Å². The molecule has 0 atom stereocenters. The van der Waals surface area contributed by atoms with Gasteiger partial charge < -0.3 is 9.84 Å². The lowest BCUT2D eigenvalue weighted by Gasteiger charge is -2.36. The lowest BCUT2D eigenvalue weighted by Crippen LogP contribution is -2.39. The van der Waals surface area contributed by atoms with E-state index in [0.717, 1.165) is 12.8 Å². The summed E-state index contributed by atoms with van der Waals surface area (Å²) in [5.41, 5.74) is 1.22. The molecule has 1 aromatic heterocycles. The van der Waals surface area contributed by atoms with Crippen molar-refractivity contribution in [2.24, 2.45) is 0 Å². The van der Waals surface area contributed by atoms with E-state index in [-0.39, 0.29) is 5.82 Å². The summed E-state index contributed by atoms with van der Waals surface area (Å²) in [7, 11) is 0. The summed E-state index contributed by atoms with van der Waals surface area (Å²) in [6.45, 7) is 0.636. The molecular formula is C13H14FN3O. The molecule has 1 saturated carbocycles. The van der Waals surface area contributed by atoms with Gasteiger partial charge in [-0.1, -0.05) is 17.3 Å². The Morgan fingerprint density at radius 1 is 1.28 bits per heavy atom. The fourth-order valence-electron chi connectivity index (χ4n) is 2.30. The Labute approximate surface area is 104 Å². The van der Waals surface area contributed by atoms with Crippen LogP contribution in [-0.4, -0.2) is 16.2 Å². The number of hydrogen-bond donors (Lipinski definition) is 1. The predicted molar refractivity (Wildman–Crippen MR) is 63.3 cm³/mol. The summed E-state index contributed by atoms with van der Waals surface area (Å²) in [4.78, 5) is 3.95. The zero-order chi connectivity index (χ0) is 12.4. The second kappa shape index (κ2) is 4.86. The molecule has 4 nitrogen and oxygen atoms in total. The lowest BCUT2D eigenvalue weighted by atomic mass is 9.76. The highest BCUT2D eigenvalue weighted by Gasteiger charge is 2.29. The predicted octanol–water partition coefficient (Wildman–Crippen LogP) is 2.24. The molecule has 5 heteroatoms. The van der Waals surface area contributed by atoms with Crippen LogP contribution >= 0.6 is 0 Å². The molecule has 1 aliphatic rings. The molecule has 1 aliphatic carbocycles. The Balaban J connectivity index is 1.47. The van der Waals surface area contributed by atoms with Gasteiger partial charge in [-0.15, -0.1) is 0 Å². The second-order valence-corrected chi connectivity index (χ2v) is 4.65. The van der Waals surface area contributed by atoms with Crippen LogP contribution in [-0.2, 0) is 6.54 Å². The molecule has 1 heterocycles. The highest BCUT2D eigenvalue weighted by molar-refractivity contribution is 5.23. The fourth-order valence-corrected chi connectivity index (χ4v) is 2.30. The van der Waals surface area contributed by atoms with Gasteiger partial charge >= 0.3 is 0 Å². The molecule has 0 amide bonds. The molecule has 0 spiro atoms. The third kappa shape index (κ3) is 2.41. The highest BCUT2D eigenvalue weighted by Crippen LogP contribution is 2.36. The number of nitrogens with one attached hydrogen (secondary N) is 1. The molecule has 18 heavy (non-hydrogen) atoms. The van der Waals surface area contributed by atoms with Crippen LogP contribution in [0.15, 0.2) is 35.2 Å². The van der Waals surface area contributed by atoms with Crippen molar-refractivity contribution >= 4 is 0 Å². The van der Waals surface area contributed by atoms with Crippen LogP contribution in [0.5, 0.6) is 0 Å². The summed E-state index contributed by atoms with van der Waals surface area (Å²) in [5.74, 6) is 1.04. The van der Waals surface area contributed by atoms with Crippen molar-refractivity contribution in [2.75, 3.05) is 0 Å². The average molecular weight is 247 g/mol. The van der Waals surface area contributed by atoms with Gasteiger partial charge in [-0.25, -0.2) is 4.39 Å². The number of rotatable bonds is 4. The molecular weight excluding hydrogens is 233 g/mol. The molecule has 1 N–H and O–H groups in total. The summed E-state index contributed by atoms with van der Waals surface area (Å²) < 4.78 is 17.5. The van der Waals surface area contributed by atoms with E-state index < -0.39 is 0 Å². The number of benzene rings is 1. The normalized spacial score (nSPS) is 22.7. The first-order valence-corrected chi connectivity index (χ1v) is 6.05. The van der Waals surface area contributed by atoms with Gasteiger partial charge in [-0.3, -0.25) is 0 Å². The zero-order valence-electron chi connectivity index (χ0n) is 9.84. The third-order valence-electron chi connectivity index (χ3n) is 3.44. The van der Waals surface area contributed by atoms with E-state index >= 15 is 0 Å². The summed E-state index contributed by atoms with van der Waals surface area (Å²) in [6, 6.07) is 7.27. The minimum Gasteiger partial charge on any atom is -0.343 e. The Hall–Kier alpha value is -1.75. The topological polar surface area (TPSA) is 51.0 Å². The van der Waals surface area contributed by atoms with Gasteiger partial charge in [-0.2, -0.15) is 4.98 Å². The molecule has 0 unspecified atom stereocenters. The first-order chi connectivity index (χ1) is 8.81. The quantitative estimate of drug-likeness (QED) is 0.900. The van der Waals surface area contributed by atoms with Crippen LogP contribution in [0, 0.1) is 5.82 Å². The van der Waals surface area contributed by atoms with E-state index in [1.807, 2.05) is 12.1 Å². The van der Waals surface area contributed by atoms with E-state index in [9.17, 15) is 4.39 Å². The first-order valence-electron chi connectivity index (χ1n) is 6.05. The highest BCUT2D eigenvalue weighted by atomic mass is 19.1. The molecule has 2 aromatic rings. The van der Waals surface area contributed by atoms with E-state index in [1.54, 1.807) is 0 Å². The number of hydrogen-bond acceptors (Lipinski definition) is 4. The van der Waals surface area contributed by atoms with E-state index in [4.69, 9.17) is 0 Å². The maximum atomic E-state index is 12.8. The minimum atomic E-state index is -0.176. The van der Waals surface area contributed by atoms with Gasteiger partial charge in [0, 0.05) is 6.04 Å². The smallest absolute Gasteiger partial charge is 0.213 e. The number of nitrogens with zero attached hydrogens (tertiary/aromatic N) is 2. The van der Waals surface area contributed by atoms with Crippen LogP contribution in [0.3, 0.4) is 0 Å². The second-order valence-electron chi connectivity index (χ2n) is 4.65. The van der Waals surface area contributed by atoms with Crippen LogP contribution in [0.4, 0.5) is 4.39 Å². The molecule has 0 aliphatic heterocycles. The van der Waals surface area contributed by atoms with Gasteiger partial charge in [0.15, 0.2) is 5.82 Å². The van der Waals surface area contributed by atoms with E-state index in [1.165, 1.54) is 24.1 Å². The molecule has 1 aromatic carbocycles. The van der Waals surface area contributed by atoms with Crippen molar-refractivity contribution < 1.29 is 8.91 Å². The summed E-state index contributed by atoms with van der Waals surface area (Å²) >= 11 is 0. The maximum absolute atomic E-state index is 12.8. The van der Waals surface area contributed by atoms with E-state index in [0.29, 0.717) is 24.3 Å². The van der Waals surface area contributed by atoms with Crippen molar-refractivity contribution in [3.63, 3.8) is 0 Å². The minimum absolute atomic E-state index is 0.176. The Kier molecular flexibility index (Phi) is 3.06. The van der Waals surface area contributed by atoms with Gasteiger partial charge in [0.2, 0.25) is 6.39 Å². The Bertz CT molecular complexity index is 491. The van der Waals surface area contributed by atoms with Crippen LogP contribution in [0.25, 0.3) is 0 Å². The SMILES string of the molecule is Fc1ccc(C2CC(NCc3ncon3)C2)cc1. The van der Waals surface area contributed by atoms with Gasteiger partial charge in [0.05, 0.1) is 6.54 Å². The monoisotopic (exact) mass is 247 g/mol. The molecule has 0 radical (unpaired) electrons. The summed E-state index contributed by atoms with van der Waals surface area (Å²) in [6.07, 6.45) is 3.48. The molecule has 0 bridgehead atoms. The average Bonchev–Trinajstić information content (AvgIpc) is 2.82. The van der Waals surface area contributed by atoms with Crippen molar-refractivity contribution in [3.05, 3.63) is 47.9 Å². The van der Waals surface area contributed by atoms with Gasteiger partial charge in [0.25, 0.3) is 0 Å². The molecule has 1 fully saturated rings. The van der Waals surface area contributed by atoms with Gasteiger partial charge in [0.1, 0.15) is 5.82 Å². The standard InChI is InChI=1S/C13H14FN3O/c14-11-3-1-9(2-4-11)10-5-12(6-10)15-7-13-16-8-18-17-13/h1-4,8,10,12,15H,5-7H2. The van der Waals surface area contributed by atoms with Crippen molar-refractivity contribution in [1.82, 2.24) is 15.5 Å². The van der Waals surface area contributed by atoms with Crippen molar-refractivity contribution in [2.45, 2.75) is 31.3 Å². The van der Waals surface area contributed by atoms with Crippen LogP contribution < -0.4 is 5.32 Å². The molecule has 94 valence electrons. The molecule has 0 saturated heterocycles. The molecule has 3 rings (SSSR count). The van der Waals surface area contributed by atoms with Crippen molar-refractivity contribution in [1.29, 1.82) is 0 Å². The maximum Gasteiger partial charge on any atom is 0.213 e. The number of halogens is 1. The summed E-state index contributed by atoms with van der Waals surface area (Å²) in [5, 5.41) is 7.12. The largest absolute Gasteiger partial charge is 0.343 e. The van der Waals surface area contributed by atoms with Crippen LogP contribution in [0.1, 0.15) is 30.1 Å². The third-order valence-corrected chi connectivity index (χ3v) is 3.44. The Morgan fingerprint density at radius 3 is 2.72 bits per heavy atom. The first kappa shape index (κ1) is 11.3.